The molecule has 0 aliphatic heterocycles. The van der Waals surface area contributed by atoms with Crippen LogP contribution < -0.4 is 0 Å². The van der Waals surface area contributed by atoms with Gasteiger partial charge in [0.1, 0.15) is 0 Å². The Hall–Kier alpha value is -2.27. The van der Waals surface area contributed by atoms with Crippen molar-refractivity contribution < 1.29 is 5.11 Å². The lowest BCUT2D eigenvalue weighted by Gasteiger charge is -2.03. The summed E-state index contributed by atoms with van der Waals surface area (Å²) in [5.74, 6) is 0. The Morgan fingerprint density at radius 1 is 1.17 bits per heavy atom. The SMILES string of the molecule is OCc1ccc2cnn(Cc3cnccn3)c2c1. The number of hydrogen-bond acceptors (Lipinski definition) is 4. The molecule has 3 aromatic rings. The number of aliphatic hydroxyl groups excluding tert-OH is 1. The Morgan fingerprint density at radius 3 is 2.89 bits per heavy atom. The molecule has 0 radical (unpaired) electrons. The fourth-order valence-electron chi connectivity index (χ4n) is 1.91. The number of aliphatic hydroxyl groups is 1. The van der Waals surface area contributed by atoms with E-state index in [4.69, 9.17) is 5.11 Å². The summed E-state index contributed by atoms with van der Waals surface area (Å²) in [6.45, 7) is 0.610. The Bertz CT molecular complexity index is 663. The van der Waals surface area contributed by atoms with E-state index in [1.54, 1.807) is 18.6 Å². The van der Waals surface area contributed by atoms with Crippen molar-refractivity contribution >= 4 is 10.9 Å². The minimum atomic E-state index is 0.0340. The number of aromatic nitrogens is 4. The lowest BCUT2D eigenvalue weighted by atomic mass is 10.2. The summed E-state index contributed by atoms with van der Waals surface area (Å²) in [5, 5.41) is 14.5. The molecule has 1 aromatic carbocycles. The largest absolute Gasteiger partial charge is 0.392 e. The molecule has 5 nitrogen and oxygen atoms in total. The molecule has 2 heterocycles. The second kappa shape index (κ2) is 4.54. The summed E-state index contributed by atoms with van der Waals surface area (Å²) in [6.07, 6.45) is 6.85. The highest BCUT2D eigenvalue weighted by Crippen LogP contribution is 2.16. The molecule has 5 heteroatoms. The molecule has 2 aromatic heterocycles. The molecule has 0 bridgehead atoms. The molecule has 18 heavy (non-hydrogen) atoms. The van der Waals surface area contributed by atoms with E-state index >= 15 is 0 Å². The zero-order chi connectivity index (χ0) is 12.4. The lowest BCUT2D eigenvalue weighted by molar-refractivity contribution is 0.282. The van der Waals surface area contributed by atoms with Crippen molar-refractivity contribution in [2.45, 2.75) is 13.2 Å². The number of hydrogen-bond donors (Lipinski definition) is 1. The zero-order valence-corrected chi connectivity index (χ0v) is 9.69. The first-order chi connectivity index (χ1) is 8.86. The van der Waals surface area contributed by atoms with Crippen LogP contribution >= 0.6 is 0 Å². The maximum Gasteiger partial charge on any atom is 0.0854 e. The standard InChI is InChI=1S/C13H12N4O/c18-9-10-1-2-11-6-16-17(13(11)5-10)8-12-7-14-3-4-15-12/h1-7,18H,8-9H2. The predicted octanol–water partition coefficient (Wildman–Crippen LogP) is 1.37. The van der Waals surface area contributed by atoms with Crippen LogP contribution in [-0.2, 0) is 13.2 Å². The van der Waals surface area contributed by atoms with Gasteiger partial charge < -0.3 is 5.11 Å². The second-order valence-corrected chi connectivity index (χ2v) is 4.05. The molecule has 3 rings (SSSR count). The highest BCUT2D eigenvalue weighted by Gasteiger charge is 2.05. The molecule has 90 valence electrons. The molecule has 0 unspecified atom stereocenters. The van der Waals surface area contributed by atoms with Gasteiger partial charge in [-0.05, 0) is 11.6 Å². The van der Waals surface area contributed by atoms with Crippen LogP contribution in [0.4, 0.5) is 0 Å². The molecular weight excluding hydrogens is 228 g/mol. The minimum absolute atomic E-state index is 0.0340. The van der Waals surface area contributed by atoms with Crippen molar-refractivity contribution in [2.75, 3.05) is 0 Å². The summed E-state index contributed by atoms with van der Waals surface area (Å²) >= 11 is 0. The van der Waals surface area contributed by atoms with Crippen molar-refractivity contribution in [3.63, 3.8) is 0 Å². The average molecular weight is 240 g/mol. The smallest absolute Gasteiger partial charge is 0.0854 e. The maximum atomic E-state index is 9.16. The fourth-order valence-corrected chi connectivity index (χ4v) is 1.91. The van der Waals surface area contributed by atoms with E-state index in [0.717, 1.165) is 22.2 Å². The third-order valence-corrected chi connectivity index (χ3v) is 2.82. The van der Waals surface area contributed by atoms with E-state index < -0.39 is 0 Å². The third-order valence-electron chi connectivity index (χ3n) is 2.82. The highest BCUT2D eigenvalue weighted by molar-refractivity contribution is 5.79. The minimum Gasteiger partial charge on any atom is -0.392 e. The molecular formula is C13H12N4O. The number of nitrogens with zero attached hydrogens (tertiary/aromatic N) is 4. The summed E-state index contributed by atoms with van der Waals surface area (Å²) in [4.78, 5) is 8.27. The highest BCUT2D eigenvalue weighted by atomic mass is 16.3. The van der Waals surface area contributed by atoms with Gasteiger partial charge in [-0.15, -0.1) is 0 Å². The number of rotatable bonds is 3. The molecule has 0 aliphatic rings. The van der Waals surface area contributed by atoms with Crippen molar-refractivity contribution in [1.82, 2.24) is 19.7 Å². The van der Waals surface area contributed by atoms with Gasteiger partial charge >= 0.3 is 0 Å². The van der Waals surface area contributed by atoms with Gasteiger partial charge in [0.15, 0.2) is 0 Å². The third kappa shape index (κ3) is 1.96. The summed E-state index contributed by atoms with van der Waals surface area (Å²) in [5.41, 5.74) is 2.73. The summed E-state index contributed by atoms with van der Waals surface area (Å²) in [6, 6.07) is 5.80. The van der Waals surface area contributed by atoms with Gasteiger partial charge in [-0.2, -0.15) is 5.10 Å². The van der Waals surface area contributed by atoms with E-state index in [2.05, 4.69) is 15.1 Å². The Morgan fingerprint density at radius 2 is 2.11 bits per heavy atom. The molecule has 1 N–H and O–H groups in total. The van der Waals surface area contributed by atoms with Crippen LogP contribution in [0.1, 0.15) is 11.3 Å². The van der Waals surface area contributed by atoms with Crippen LogP contribution in [0.25, 0.3) is 10.9 Å². The molecule has 0 aliphatic carbocycles. The van der Waals surface area contributed by atoms with E-state index in [1.807, 2.05) is 29.1 Å². The quantitative estimate of drug-likeness (QED) is 0.751. The first kappa shape index (κ1) is 10.9. The predicted molar refractivity (Wildman–Crippen MR) is 66.8 cm³/mol. The normalized spacial score (nSPS) is 10.9. The van der Waals surface area contributed by atoms with Crippen LogP contribution in [0.5, 0.6) is 0 Å². The number of benzene rings is 1. The fraction of sp³-hybridized carbons (Fsp3) is 0.154. The second-order valence-electron chi connectivity index (χ2n) is 4.05. The molecule has 0 spiro atoms. The lowest BCUT2D eigenvalue weighted by Crippen LogP contribution is -2.03. The van der Waals surface area contributed by atoms with Gasteiger partial charge in [0.05, 0.1) is 36.8 Å². The van der Waals surface area contributed by atoms with Gasteiger partial charge in [0, 0.05) is 17.8 Å². The molecule has 0 saturated carbocycles. The monoisotopic (exact) mass is 240 g/mol. The van der Waals surface area contributed by atoms with Crippen LogP contribution in [0.3, 0.4) is 0 Å². The van der Waals surface area contributed by atoms with Crippen LogP contribution in [0, 0.1) is 0 Å². The van der Waals surface area contributed by atoms with E-state index in [9.17, 15) is 0 Å². The van der Waals surface area contributed by atoms with Gasteiger partial charge in [0.25, 0.3) is 0 Å². The number of fused-ring (bicyclic) bond motifs is 1. The van der Waals surface area contributed by atoms with Crippen LogP contribution in [-0.4, -0.2) is 24.9 Å². The Labute approximate surface area is 104 Å². The van der Waals surface area contributed by atoms with Crippen molar-refractivity contribution in [2.24, 2.45) is 0 Å². The van der Waals surface area contributed by atoms with Crippen LogP contribution in [0.15, 0.2) is 43.0 Å². The molecule has 0 fully saturated rings. The summed E-state index contributed by atoms with van der Waals surface area (Å²) in [7, 11) is 0. The van der Waals surface area contributed by atoms with Gasteiger partial charge in [-0.1, -0.05) is 12.1 Å². The van der Waals surface area contributed by atoms with Gasteiger partial charge in [-0.25, -0.2) is 0 Å². The van der Waals surface area contributed by atoms with Gasteiger partial charge in [0.2, 0.25) is 0 Å². The van der Waals surface area contributed by atoms with E-state index in [-0.39, 0.29) is 6.61 Å². The molecule has 0 amide bonds. The van der Waals surface area contributed by atoms with E-state index in [1.165, 1.54) is 0 Å². The van der Waals surface area contributed by atoms with E-state index in [0.29, 0.717) is 6.54 Å². The Balaban J connectivity index is 2.01. The van der Waals surface area contributed by atoms with Crippen molar-refractivity contribution in [3.05, 3.63) is 54.2 Å². The molecule has 0 saturated heterocycles. The van der Waals surface area contributed by atoms with Crippen LogP contribution in [0.2, 0.25) is 0 Å². The zero-order valence-electron chi connectivity index (χ0n) is 9.69. The summed E-state index contributed by atoms with van der Waals surface area (Å²) < 4.78 is 1.86. The van der Waals surface area contributed by atoms with Crippen molar-refractivity contribution in [3.8, 4) is 0 Å². The first-order valence-electron chi connectivity index (χ1n) is 5.67. The first-order valence-corrected chi connectivity index (χ1v) is 5.67. The average Bonchev–Trinajstić information content (AvgIpc) is 2.82. The maximum absolute atomic E-state index is 9.16. The topological polar surface area (TPSA) is 63.8 Å². The Kier molecular flexibility index (Phi) is 2.74. The van der Waals surface area contributed by atoms with Crippen molar-refractivity contribution in [1.29, 1.82) is 0 Å². The molecule has 0 atom stereocenters. The van der Waals surface area contributed by atoms with Gasteiger partial charge in [-0.3, -0.25) is 14.6 Å².